The van der Waals surface area contributed by atoms with Crippen molar-refractivity contribution in [1.82, 2.24) is 10.2 Å². The van der Waals surface area contributed by atoms with Gasteiger partial charge in [0, 0.05) is 25.2 Å². The van der Waals surface area contributed by atoms with Crippen molar-refractivity contribution in [3.05, 3.63) is 0 Å². The Hall–Kier alpha value is -0.0800. The lowest BCUT2D eigenvalue weighted by Crippen LogP contribution is -2.41. The predicted octanol–water partition coefficient (Wildman–Crippen LogP) is 2.89. The number of rotatable bonds is 6. The van der Waals surface area contributed by atoms with Gasteiger partial charge in [-0.25, -0.2) is 0 Å². The number of hydrogen-bond donors (Lipinski definition) is 1. The first-order valence-electron chi connectivity index (χ1n) is 7.11. The molecule has 1 aliphatic carbocycles. The van der Waals surface area contributed by atoms with Crippen LogP contribution in [-0.2, 0) is 0 Å². The molecule has 1 saturated carbocycles. The van der Waals surface area contributed by atoms with Crippen molar-refractivity contribution in [2.45, 2.75) is 65.5 Å². The Morgan fingerprint density at radius 3 is 2.31 bits per heavy atom. The minimum atomic E-state index is 0.679. The van der Waals surface area contributed by atoms with Crippen LogP contribution in [0.25, 0.3) is 0 Å². The maximum atomic E-state index is 3.72. The van der Waals surface area contributed by atoms with Gasteiger partial charge in [-0.15, -0.1) is 0 Å². The smallest absolute Gasteiger partial charge is 0.0110 e. The standard InChI is InChI=1S/C14H30N2/c1-5-16(12(2)3)11-10-15-14-8-6-13(4)7-9-14/h12-15H,5-11H2,1-4H3. The Balaban J connectivity index is 2.10. The average molecular weight is 226 g/mol. The summed E-state index contributed by atoms with van der Waals surface area (Å²) in [6.07, 6.45) is 5.60. The molecule has 2 heteroatoms. The fourth-order valence-electron chi connectivity index (χ4n) is 2.66. The molecule has 16 heavy (non-hydrogen) atoms. The van der Waals surface area contributed by atoms with E-state index in [9.17, 15) is 0 Å². The van der Waals surface area contributed by atoms with Gasteiger partial charge in [0.2, 0.25) is 0 Å². The third kappa shape index (κ3) is 4.84. The van der Waals surface area contributed by atoms with Crippen molar-refractivity contribution < 1.29 is 0 Å². The Kier molecular flexibility index (Phi) is 6.37. The summed E-state index contributed by atoms with van der Waals surface area (Å²) in [5.74, 6) is 0.959. The number of likely N-dealkylation sites (N-methyl/N-ethyl adjacent to an activating group) is 1. The van der Waals surface area contributed by atoms with E-state index in [0.29, 0.717) is 6.04 Å². The van der Waals surface area contributed by atoms with E-state index in [-0.39, 0.29) is 0 Å². The molecule has 1 aliphatic rings. The molecule has 0 atom stereocenters. The van der Waals surface area contributed by atoms with Crippen molar-refractivity contribution in [3.8, 4) is 0 Å². The molecule has 0 aromatic rings. The zero-order valence-electron chi connectivity index (χ0n) is 11.6. The Morgan fingerprint density at radius 1 is 1.19 bits per heavy atom. The number of hydrogen-bond acceptors (Lipinski definition) is 2. The Bertz CT molecular complexity index is 172. The number of nitrogens with one attached hydrogen (secondary N) is 1. The molecule has 0 bridgehead atoms. The molecule has 0 aromatic carbocycles. The summed E-state index contributed by atoms with van der Waals surface area (Å²) in [6.45, 7) is 12.7. The van der Waals surface area contributed by atoms with Crippen LogP contribution in [0.5, 0.6) is 0 Å². The molecular weight excluding hydrogens is 196 g/mol. The highest BCUT2D eigenvalue weighted by Gasteiger charge is 2.17. The fraction of sp³-hybridized carbons (Fsp3) is 1.00. The summed E-state index contributed by atoms with van der Waals surface area (Å²) in [4.78, 5) is 2.53. The molecule has 1 fully saturated rings. The van der Waals surface area contributed by atoms with Crippen molar-refractivity contribution in [2.75, 3.05) is 19.6 Å². The van der Waals surface area contributed by atoms with Gasteiger partial charge in [-0.05, 0) is 52.0 Å². The molecular formula is C14H30N2. The molecule has 0 aromatic heterocycles. The summed E-state index contributed by atoms with van der Waals surface area (Å²) >= 11 is 0. The third-order valence-electron chi connectivity index (χ3n) is 3.98. The second-order valence-corrected chi connectivity index (χ2v) is 5.63. The molecule has 2 nitrogen and oxygen atoms in total. The van der Waals surface area contributed by atoms with E-state index in [1.165, 1.54) is 38.8 Å². The highest BCUT2D eigenvalue weighted by molar-refractivity contribution is 4.75. The van der Waals surface area contributed by atoms with Gasteiger partial charge in [-0.2, -0.15) is 0 Å². The fourth-order valence-corrected chi connectivity index (χ4v) is 2.66. The predicted molar refractivity (Wildman–Crippen MR) is 71.8 cm³/mol. The van der Waals surface area contributed by atoms with Crippen LogP contribution in [0.3, 0.4) is 0 Å². The van der Waals surface area contributed by atoms with E-state index in [4.69, 9.17) is 0 Å². The highest BCUT2D eigenvalue weighted by atomic mass is 15.2. The van der Waals surface area contributed by atoms with E-state index in [1.54, 1.807) is 0 Å². The van der Waals surface area contributed by atoms with E-state index >= 15 is 0 Å². The monoisotopic (exact) mass is 226 g/mol. The minimum Gasteiger partial charge on any atom is -0.313 e. The van der Waals surface area contributed by atoms with Crippen LogP contribution >= 0.6 is 0 Å². The maximum absolute atomic E-state index is 3.72. The molecule has 0 aliphatic heterocycles. The summed E-state index contributed by atoms with van der Waals surface area (Å²) < 4.78 is 0. The normalized spacial score (nSPS) is 26.6. The molecule has 0 radical (unpaired) electrons. The molecule has 0 spiro atoms. The van der Waals surface area contributed by atoms with Crippen LogP contribution in [0.4, 0.5) is 0 Å². The van der Waals surface area contributed by atoms with Gasteiger partial charge in [0.1, 0.15) is 0 Å². The van der Waals surface area contributed by atoms with Crippen LogP contribution in [-0.4, -0.2) is 36.6 Å². The van der Waals surface area contributed by atoms with Gasteiger partial charge < -0.3 is 5.32 Å². The van der Waals surface area contributed by atoms with Crippen molar-refractivity contribution in [3.63, 3.8) is 0 Å². The van der Waals surface area contributed by atoms with Crippen LogP contribution in [0.1, 0.15) is 53.4 Å². The molecule has 0 unspecified atom stereocenters. The van der Waals surface area contributed by atoms with Gasteiger partial charge >= 0.3 is 0 Å². The zero-order valence-corrected chi connectivity index (χ0v) is 11.6. The maximum Gasteiger partial charge on any atom is 0.0110 e. The Labute approximate surface area is 102 Å². The van der Waals surface area contributed by atoms with E-state index < -0.39 is 0 Å². The van der Waals surface area contributed by atoms with Gasteiger partial charge in [0.25, 0.3) is 0 Å². The van der Waals surface area contributed by atoms with Crippen LogP contribution in [0, 0.1) is 5.92 Å². The summed E-state index contributed by atoms with van der Waals surface area (Å²) in [7, 11) is 0. The lowest BCUT2D eigenvalue weighted by atomic mass is 9.87. The van der Waals surface area contributed by atoms with E-state index in [2.05, 4.69) is 37.9 Å². The topological polar surface area (TPSA) is 15.3 Å². The van der Waals surface area contributed by atoms with Gasteiger partial charge in [0.05, 0.1) is 0 Å². The first-order valence-corrected chi connectivity index (χ1v) is 7.11. The average Bonchev–Trinajstić information content (AvgIpc) is 2.26. The highest BCUT2D eigenvalue weighted by Crippen LogP contribution is 2.23. The first kappa shape index (κ1) is 14.0. The third-order valence-corrected chi connectivity index (χ3v) is 3.98. The van der Waals surface area contributed by atoms with Crippen LogP contribution < -0.4 is 5.32 Å². The lowest BCUT2D eigenvalue weighted by Gasteiger charge is -2.29. The quantitative estimate of drug-likeness (QED) is 0.749. The van der Waals surface area contributed by atoms with Gasteiger partial charge in [-0.3, -0.25) is 4.90 Å². The molecule has 96 valence electrons. The molecule has 1 rings (SSSR count). The summed E-state index contributed by atoms with van der Waals surface area (Å²) in [5, 5.41) is 3.72. The zero-order chi connectivity index (χ0) is 12.0. The largest absolute Gasteiger partial charge is 0.313 e. The Morgan fingerprint density at radius 2 is 1.81 bits per heavy atom. The van der Waals surface area contributed by atoms with Crippen molar-refractivity contribution >= 4 is 0 Å². The molecule has 1 N–H and O–H groups in total. The van der Waals surface area contributed by atoms with E-state index in [1.807, 2.05) is 0 Å². The summed E-state index contributed by atoms with van der Waals surface area (Å²) in [5.41, 5.74) is 0. The van der Waals surface area contributed by atoms with Crippen molar-refractivity contribution in [1.29, 1.82) is 0 Å². The number of nitrogens with zero attached hydrogens (tertiary/aromatic N) is 1. The van der Waals surface area contributed by atoms with Crippen LogP contribution in [0.2, 0.25) is 0 Å². The van der Waals surface area contributed by atoms with E-state index in [0.717, 1.165) is 18.5 Å². The molecule has 0 saturated heterocycles. The first-order chi connectivity index (χ1) is 7.63. The van der Waals surface area contributed by atoms with Crippen LogP contribution in [0.15, 0.2) is 0 Å². The molecule has 0 amide bonds. The minimum absolute atomic E-state index is 0.679. The second-order valence-electron chi connectivity index (χ2n) is 5.63. The van der Waals surface area contributed by atoms with Crippen molar-refractivity contribution in [2.24, 2.45) is 5.92 Å². The summed E-state index contributed by atoms with van der Waals surface area (Å²) in [6, 6.07) is 1.47. The van der Waals surface area contributed by atoms with Gasteiger partial charge in [-0.1, -0.05) is 13.8 Å². The second kappa shape index (κ2) is 7.29. The SMILES string of the molecule is CCN(CCNC1CCC(C)CC1)C(C)C. The van der Waals surface area contributed by atoms with Gasteiger partial charge in [0.15, 0.2) is 0 Å². The lowest BCUT2D eigenvalue weighted by molar-refractivity contribution is 0.222. The molecule has 0 heterocycles.